The van der Waals surface area contributed by atoms with Crippen molar-refractivity contribution in [3.63, 3.8) is 0 Å². The zero-order valence-electron chi connectivity index (χ0n) is 12.2. The number of rotatable bonds is 7. The van der Waals surface area contributed by atoms with Gasteiger partial charge in [-0.3, -0.25) is 0 Å². The lowest BCUT2D eigenvalue weighted by molar-refractivity contribution is 0.330. The predicted molar refractivity (Wildman–Crippen MR) is 81.0 cm³/mol. The smallest absolute Gasteiger partial charge is 0.227 e. The molecule has 1 fully saturated rings. The number of nitrogens with zero attached hydrogens (tertiary/aromatic N) is 3. The zero-order chi connectivity index (χ0) is 14.3. The van der Waals surface area contributed by atoms with Crippen LogP contribution in [0.2, 0.25) is 0 Å². The normalized spacial score (nSPS) is 19.1. The van der Waals surface area contributed by atoms with E-state index in [2.05, 4.69) is 50.7 Å². The molecule has 1 aromatic carbocycles. The zero-order valence-corrected chi connectivity index (χ0v) is 12.2. The van der Waals surface area contributed by atoms with Crippen molar-refractivity contribution in [3.05, 3.63) is 48.1 Å². The maximum absolute atomic E-state index is 5.00. The van der Waals surface area contributed by atoms with Gasteiger partial charge in [-0.2, -0.15) is 4.98 Å². The van der Waals surface area contributed by atoms with Crippen molar-refractivity contribution >= 4 is 0 Å². The fourth-order valence-corrected chi connectivity index (χ4v) is 2.82. The molecular weight excluding hydrogens is 264 g/mol. The van der Waals surface area contributed by atoms with Crippen LogP contribution in [0, 0.1) is 0 Å². The third kappa shape index (κ3) is 4.37. The molecule has 0 saturated carbocycles. The molecule has 0 radical (unpaired) electrons. The first-order valence-electron chi connectivity index (χ1n) is 7.65. The molecule has 1 aliphatic rings. The molecule has 0 spiro atoms. The summed E-state index contributed by atoms with van der Waals surface area (Å²) in [5, 5.41) is 7.19. The molecule has 3 rings (SSSR count). The summed E-state index contributed by atoms with van der Waals surface area (Å²) in [5.41, 5.74) is 1.42. The summed E-state index contributed by atoms with van der Waals surface area (Å²) in [6.07, 6.45) is 4.62. The van der Waals surface area contributed by atoms with Crippen molar-refractivity contribution < 1.29 is 4.52 Å². The average molecular weight is 286 g/mol. The summed E-state index contributed by atoms with van der Waals surface area (Å²) in [6.45, 7) is 4.37. The highest BCUT2D eigenvalue weighted by atomic mass is 16.5. The average Bonchev–Trinajstić information content (AvgIpc) is 3.18. The molecule has 1 saturated heterocycles. The lowest BCUT2D eigenvalue weighted by atomic mass is 10.1. The summed E-state index contributed by atoms with van der Waals surface area (Å²) in [5.74, 6) is 0.710. The Bertz CT molecular complexity index is 514. The van der Waals surface area contributed by atoms with Gasteiger partial charge in [0.05, 0.1) is 0 Å². The van der Waals surface area contributed by atoms with Crippen molar-refractivity contribution in [2.45, 2.75) is 25.3 Å². The monoisotopic (exact) mass is 286 g/mol. The molecule has 1 unspecified atom stereocenters. The Balaban J connectivity index is 1.33. The minimum Gasteiger partial charge on any atom is -0.340 e. The predicted octanol–water partition coefficient (Wildman–Crippen LogP) is 1.52. The third-order valence-electron chi connectivity index (χ3n) is 4.01. The Morgan fingerprint density at radius 2 is 2.14 bits per heavy atom. The molecule has 1 atom stereocenters. The highest BCUT2D eigenvalue weighted by Gasteiger charge is 2.21. The van der Waals surface area contributed by atoms with Crippen LogP contribution in [0.15, 0.2) is 41.2 Å². The summed E-state index contributed by atoms with van der Waals surface area (Å²) in [6, 6.07) is 11.3. The Labute approximate surface area is 125 Å². The van der Waals surface area contributed by atoms with Crippen molar-refractivity contribution in [1.82, 2.24) is 20.4 Å². The molecule has 0 aliphatic carbocycles. The molecule has 5 heteroatoms. The van der Waals surface area contributed by atoms with Crippen LogP contribution >= 0.6 is 0 Å². The van der Waals surface area contributed by atoms with Crippen LogP contribution < -0.4 is 5.32 Å². The van der Waals surface area contributed by atoms with E-state index in [-0.39, 0.29) is 0 Å². The number of nitrogens with one attached hydrogen (secondary N) is 1. The first-order valence-corrected chi connectivity index (χ1v) is 7.65. The van der Waals surface area contributed by atoms with E-state index in [9.17, 15) is 0 Å². The second-order valence-corrected chi connectivity index (χ2v) is 5.56. The molecule has 1 aliphatic heterocycles. The van der Waals surface area contributed by atoms with Crippen molar-refractivity contribution in [2.75, 3.05) is 26.2 Å². The summed E-state index contributed by atoms with van der Waals surface area (Å²) < 4.78 is 5.00. The molecule has 1 aromatic heterocycles. The lowest BCUT2D eigenvalue weighted by Crippen LogP contribution is -2.34. The quantitative estimate of drug-likeness (QED) is 0.836. The van der Waals surface area contributed by atoms with E-state index in [0.717, 1.165) is 32.5 Å². The van der Waals surface area contributed by atoms with Gasteiger partial charge < -0.3 is 14.7 Å². The topological polar surface area (TPSA) is 54.2 Å². The minimum atomic E-state index is 0.587. The van der Waals surface area contributed by atoms with Crippen LogP contribution in [0.25, 0.3) is 0 Å². The van der Waals surface area contributed by atoms with Gasteiger partial charge in [0.25, 0.3) is 0 Å². The van der Waals surface area contributed by atoms with Gasteiger partial charge in [-0.1, -0.05) is 35.5 Å². The van der Waals surface area contributed by atoms with E-state index < -0.39 is 0 Å². The van der Waals surface area contributed by atoms with E-state index in [4.69, 9.17) is 4.52 Å². The van der Waals surface area contributed by atoms with Crippen LogP contribution in [0.4, 0.5) is 0 Å². The van der Waals surface area contributed by atoms with Crippen LogP contribution in [-0.4, -0.2) is 47.3 Å². The Morgan fingerprint density at radius 1 is 1.24 bits per heavy atom. The molecule has 112 valence electrons. The Morgan fingerprint density at radius 3 is 2.95 bits per heavy atom. The molecule has 21 heavy (non-hydrogen) atoms. The van der Waals surface area contributed by atoms with Crippen molar-refractivity contribution in [3.8, 4) is 0 Å². The maximum atomic E-state index is 5.00. The van der Waals surface area contributed by atoms with Gasteiger partial charge >= 0.3 is 0 Å². The molecule has 2 heterocycles. The van der Waals surface area contributed by atoms with E-state index >= 15 is 0 Å². The number of hydrogen-bond donors (Lipinski definition) is 1. The fourth-order valence-electron chi connectivity index (χ4n) is 2.82. The van der Waals surface area contributed by atoms with Gasteiger partial charge in [0, 0.05) is 32.1 Å². The fraction of sp³-hybridized carbons (Fsp3) is 0.500. The Hall–Kier alpha value is -1.72. The summed E-state index contributed by atoms with van der Waals surface area (Å²) in [4.78, 5) is 6.57. The van der Waals surface area contributed by atoms with Crippen LogP contribution in [0.5, 0.6) is 0 Å². The summed E-state index contributed by atoms with van der Waals surface area (Å²) >= 11 is 0. The van der Waals surface area contributed by atoms with Gasteiger partial charge in [-0.25, -0.2) is 0 Å². The molecule has 0 amide bonds. The SMILES string of the molecule is c1ccc(CCN2CCC(NCCc3ncno3)C2)cc1. The number of aromatic nitrogens is 2. The van der Waals surface area contributed by atoms with Gasteiger partial charge in [-0.05, 0) is 24.9 Å². The third-order valence-corrected chi connectivity index (χ3v) is 4.01. The highest BCUT2D eigenvalue weighted by molar-refractivity contribution is 5.14. The molecule has 1 N–H and O–H groups in total. The standard InChI is InChI=1S/C16H22N4O/c1-2-4-14(5-3-1)7-10-20-11-8-15(12-20)17-9-6-16-18-13-19-21-16/h1-5,13,15,17H,6-12H2. The van der Waals surface area contributed by atoms with E-state index in [1.54, 1.807) is 0 Å². The van der Waals surface area contributed by atoms with Crippen LogP contribution in [0.1, 0.15) is 17.9 Å². The largest absolute Gasteiger partial charge is 0.340 e. The van der Waals surface area contributed by atoms with Crippen LogP contribution in [0.3, 0.4) is 0 Å². The van der Waals surface area contributed by atoms with E-state index in [1.807, 2.05) is 0 Å². The van der Waals surface area contributed by atoms with Crippen molar-refractivity contribution in [1.29, 1.82) is 0 Å². The molecular formula is C16H22N4O. The van der Waals surface area contributed by atoms with Gasteiger partial charge in [0.1, 0.15) is 0 Å². The van der Waals surface area contributed by atoms with E-state index in [0.29, 0.717) is 11.9 Å². The number of benzene rings is 1. The minimum absolute atomic E-state index is 0.587. The van der Waals surface area contributed by atoms with Gasteiger partial charge in [0.15, 0.2) is 6.33 Å². The molecule has 0 bridgehead atoms. The van der Waals surface area contributed by atoms with Crippen LogP contribution in [-0.2, 0) is 12.8 Å². The Kier molecular flexibility index (Phi) is 4.97. The number of hydrogen-bond acceptors (Lipinski definition) is 5. The lowest BCUT2D eigenvalue weighted by Gasteiger charge is -2.16. The van der Waals surface area contributed by atoms with Gasteiger partial charge in [0.2, 0.25) is 5.89 Å². The van der Waals surface area contributed by atoms with Gasteiger partial charge in [-0.15, -0.1) is 0 Å². The summed E-state index contributed by atoms with van der Waals surface area (Å²) in [7, 11) is 0. The maximum Gasteiger partial charge on any atom is 0.227 e. The second-order valence-electron chi connectivity index (χ2n) is 5.56. The van der Waals surface area contributed by atoms with Crippen molar-refractivity contribution in [2.24, 2.45) is 0 Å². The second kappa shape index (κ2) is 7.33. The van der Waals surface area contributed by atoms with E-state index in [1.165, 1.54) is 24.9 Å². The first-order chi connectivity index (χ1) is 10.4. The first kappa shape index (κ1) is 14.2. The molecule has 2 aromatic rings. The molecule has 5 nitrogen and oxygen atoms in total. The highest BCUT2D eigenvalue weighted by Crippen LogP contribution is 2.10. The number of likely N-dealkylation sites (tertiary alicyclic amines) is 1.